The zero-order valence-electron chi connectivity index (χ0n) is 22.2. The normalized spacial score (nSPS) is 22.4. The van der Waals surface area contributed by atoms with Crippen molar-refractivity contribution in [3.8, 4) is 0 Å². The maximum absolute atomic E-state index is 13.4. The lowest BCUT2D eigenvalue weighted by atomic mass is 9.84. The van der Waals surface area contributed by atoms with Crippen molar-refractivity contribution in [3.05, 3.63) is 71.5 Å². The third kappa shape index (κ3) is 7.78. The van der Waals surface area contributed by atoms with E-state index in [0.717, 1.165) is 37.7 Å². The van der Waals surface area contributed by atoms with Gasteiger partial charge in [0.25, 0.3) is 0 Å². The minimum atomic E-state index is -0.613. The van der Waals surface area contributed by atoms with Gasteiger partial charge in [0, 0.05) is 38.0 Å². The van der Waals surface area contributed by atoms with E-state index in [1.165, 1.54) is 17.7 Å². The smallest absolute Gasteiger partial charge is 0.410 e. The number of amides is 2. The Kier molecular flexibility index (Phi) is 8.85. The number of hydrogen-bond acceptors (Lipinski definition) is 4. The van der Waals surface area contributed by atoms with Gasteiger partial charge >= 0.3 is 6.09 Å². The molecule has 200 valence electrons. The van der Waals surface area contributed by atoms with E-state index < -0.39 is 5.60 Å². The van der Waals surface area contributed by atoms with Crippen LogP contribution < -0.4 is 0 Å². The van der Waals surface area contributed by atoms with E-state index in [2.05, 4.69) is 12.1 Å². The van der Waals surface area contributed by atoms with Crippen molar-refractivity contribution >= 4 is 12.0 Å². The highest BCUT2D eigenvalue weighted by Crippen LogP contribution is 2.31. The SMILES string of the molecule is CC(C)(C)OC(=O)N(Cc1ccc(F)cc1)C1CCC(C(=O)N2CCO[C@H](Cc3ccccc3)C2)CC1. The van der Waals surface area contributed by atoms with Crippen molar-refractivity contribution in [2.45, 2.75) is 77.2 Å². The van der Waals surface area contributed by atoms with Crippen LogP contribution in [0, 0.1) is 11.7 Å². The fourth-order valence-electron chi connectivity index (χ4n) is 5.26. The fraction of sp³-hybridized carbons (Fsp3) is 0.533. The number of carbonyl (C=O) groups excluding carboxylic acids is 2. The largest absolute Gasteiger partial charge is 0.444 e. The Bertz CT molecular complexity index is 1030. The van der Waals surface area contributed by atoms with Crippen molar-refractivity contribution < 1.29 is 23.5 Å². The molecule has 37 heavy (non-hydrogen) atoms. The highest BCUT2D eigenvalue weighted by Gasteiger charge is 2.36. The summed E-state index contributed by atoms with van der Waals surface area (Å²) >= 11 is 0. The summed E-state index contributed by atoms with van der Waals surface area (Å²) in [4.78, 5) is 30.2. The minimum absolute atomic E-state index is 0.00908. The molecule has 1 saturated heterocycles. The average Bonchev–Trinajstić information content (AvgIpc) is 2.88. The van der Waals surface area contributed by atoms with Crippen LogP contribution >= 0.6 is 0 Å². The molecule has 1 saturated carbocycles. The van der Waals surface area contributed by atoms with Crippen molar-refractivity contribution in [2.24, 2.45) is 5.92 Å². The second kappa shape index (κ2) is 12.1. The van der Waals surface area contributed by atoms with Crippen LogP contribution in [0.1, 0.15) is 57.6 Å². The molecule has 1 aliphatic carbocycles. The number of benzene rings is 2. The molecule has 2 fully saturated rings. The molecule has 0 N–H and O–H groups in total. The molecule has 1 heterocycles. The Labute approximate surface area is 219 Å². The first-order valence-corrected chi connectivity index (χ1v) is 13.4. The predicted octanol–water partition coefficient (Wildman–Crippen LogP) is 5.59. The minimum Gasteiger partial charge on any atom is -0.444 e. The molecule has 2 amide bonds. The molecular weight excluding hydrogens is 471 g/mol. The van der Waals surface area contributed by atoms with Crippen LogP contribution in [0.5, 0.6) is 0 Å². The van der Waals surface area contributed by atoms with Crippen LogP contribution in [-0.4, -0.2) is 59.2 Å². The molecule has 6 nitrogen and oxygen atoms in total. The van der Waals surface area contributed by atoms with Gasteiger partial charge in [0.15, 0.2) is 0 Å². The Morgan fingerprint density at radius 2 is 1.68 bits per heavy atom. The van der Waals surface area contributed by atoms with E-state index in [0.29, 0.717) is 26.2 Å². The monoisotopic (exact) mass is 510 g/mol. The lowest BCUT2D eigenvalue weighted by molar-refractivity contribution is -0.144. The van der Waals surface area contributed by atoms with Gasteiger partial charge in [-0.05, 0) is 69.7 Å². The maximum atomic E-state index is 13.4. The number of rotatable bonds is 6. The van der Waals surface area contributed by atoms with E-state index >= 15 is 0 Å². The molecule has 1 aliphatic heterocycles. The molecule has 2 aromatic carbocycles. The van der Waals surface area contributed by atoms with Gasteiger partial charge in [-0.3, -0.25) is 4.79 Å². The predicted molar refractivity (Wildman–Crippen MR) is 140 cm³/mol. The molecule has 1 atom stereocenters. The highest BCUT2D eigenvalue weighted by atomic mass is 19.1. The Balaban J connectivity index is 1.35. The van der Waals surface area contributed by atoms with Crippen LogP contribution in [0.2, 0.25) is 0 Å². The lowest BCUT2D eigenvalue weighted by Crippen LogP contribution is -2.50. The first kappa shape index (κ1) is 27.1. The zero-order valence-corrected chi connectivity index (χ0v) is 22.2. The van der Waals surface area contributed by atoms with Gasteiger partial charge in [-0.15, -0.1) is 0 Å². The van der Waals surface area contributed by atoms with Crippen LogP contribution in [0.25, 0.3) is 0 Å². The summed E-state index contributed by atoms with van der Waals surface area (Å²) in [6.07, 6.45) is 3.35. The third-order valence-corrected chi connectivity index (χ3v) is 7.14. The van der Waals surface area contributed by atoms with Crippen LogP contribution in [0.15, 0.2) is 54.6 Å². The van der Waals surface area contributed by atoms with Crippen molar-refractivity contribution in [1.29, 1.82) is 0 Å². The fourth-order valence-corrected chi connectivity index (χ4v) is 5.26. The van der Waals surface area contributed by atoms with Crippen LogP contribution in [0.3, 0.4) is 0 Å². The molecular formula is C30H39FN2O4. The number of halogens is 1. The van der Waals surface area contributed by atoms with E-state index in [4.69, 9.17) is 9.47 Å². The molecule has 0 unspecified atom stereocenters. The average molecular weight is 511 g/mol. The standard InChI is InChI=1S/C30H39FN2O4/c1-30(2,3)37-29(35)33(20-23-9-13-25(31)14-10-23)26-15-11-24(12-16-26)28(34)32-17-18-36-27(21-32)19-22-7-5-4-6-8-22/h4-10,13-14,24,26-27H,11-12,15-21H2,1-3H3/t24?,26?,27-/m1/s1. The Hall–Kier alpha value is -2.93. The number of hydrogen-bond donors (Lipinski definition) is 0. The number of morpholine rings is 1. The summed E-state index contributed by atoms with van der Waals surface area (Å²) in [5, 5.41) is 0. The van der Waals surface area contributed by atoms with Gasteiger partial charge in [0.2, 0.25) is 5.91 Å². The Morgan fingerprint density at radius 3 is 2.32 bits per heavy atom. The number of carbonyl (C=O) groups is 2. The van der Waals surface area contributed by atoms with Gasteiger partial charge in [0.05, 0.1) is 12.7 Å². The summed E-state index contributed by atoms with van der Waals surface area (Å²) < 4.78 is 25.1. The van der Waals surface area contributed by atoms with Gasteiger partial charge in [-0.2, -0.15) is 0 Å². The van der Waals surface area contributed by atoms with Gasteiger partial charge in [-0.25, -0.2) is 9.18 Å². The quantitative estimate of drug-likeness (QED) is 0.508. The zero-order chi connectivity index (χ0) is 26.4. The van der Waals surface area contributed by atoms with Crippen molar-refractivity contribution in [1.82, 2.24) is 9.80 Å². The van der Waals surface area contributed by atoms with Crippen molar-refractivity contribution in [3.63, 3.8) is 0 Å². The molecule has 0 bridgehead atoms. The molecule has 2 aliphatic rings. The molecule has 7 heteroatoms. The molecule has 0 radical (unpaired) electrons. The molecule has 4 rings (SSSR count). The lowest BCUT2D eigenvalue weighted by Gasteiger charge is -2.40. The Morgan fingerprint density at radius 1 is 1.00 bits per heavy atom. The number of nitrogens with zero attached hydrogens (tertiary/aromatic N) is 2. The summed E-state index contributed by atoms with van der Waals surface area (Å²) in [5.41, 5.74) is 1.45. The van der Waals surface area contributed by atoms with E-state index in [1.807, 2.05) is 43.9 Å². The van der Waals surface area contributed by atoms with E-state index in [-0.39, 0.29) is 35.9 Å². The van der Waals surface area contributed by atoms with E-state index in [1.54, 1.807) is 17.0 Å². The topological polar surface area (TPSA) is 59.1 Å². The van der Waals surface area contributed by atoms with Gasteiger partial charge in [-0.1, -0.05) is 42.5 Å². The maximum Gasteiger partial charge on any atom is 0.410 e. The second-order valence-electron chi connectivity index (χ2n) is 11.2. The van der Waals surface area contributed by atoms with Gasteiger partial charge < -0.3 is 19.3 Å². The highest BCUT2D eigenvalue weighted by molar-refractivity contribution is 5.79. The third-order valence-electron chi connectivity index (χ3n) is 7.14. The van der Waals surface area contributed by atoms with Gasteiger partial charge in [0.1, 0.15) is 11.4 Å². The first-order valence-electron chi connectivity index (χ1n) is 13.4. The van der Waals surface area contributed by atoms with E-state index in [9.17, 15) is 14.0 Å². The molecule has 0 aromatic heterocycles. The summed E-state index contributed by atoms with van der Waals surface area (Å²) in [6, 6.07) is 16.4. The number of ether oxygens (including phenoxy) is 2. The summed E-state index contributed by atoms with van der Waals surface area (Å²) in [6.45, 7) is 7.70. The summed E-state index contributed by atoms with van der Waals surface area (Å²) in [5.74, 6) is -0.152. The van der Waals surface area contributed by atoms with Crippen molar-refractivity contribution in [2.75, 3.05) is 19.7 Å². The molecule has 2 aromatic rings. The molecule has 0 spiro atoms. The second-order valence-corrected chi connectivity index (χ2v) is 11.2. The van der Waals surface area contributed by atoms with Crippen LogP contribution in [0.4, 0.5) is 9.18 Å². The summed E-state index contributed by atoms with van der Waals surface area (Å²) in [7, 11) is 0. The van der Waals surface area contributed by atoms with Crippen LogP contribution in [-0.2, 0) is 27.2 Å². The first-order chi connectivity index (χ1) is 17.7.